The fourth-order valence-electron chi connectivity index (χ4n) is 9.52. The fraction of sp³-hybridized carbons (Fsp3) is 0.390. The van der Waals surface area contributed by atoms with Crippen molar-refractivity contribution in [3.8, 4) is 34.8 Å². The lowest BCUT2D eigenvalue weighted by molar-refractivity contribution is -0.151. The zero-order valence-corrected chi connectivity index (χ0v) is 32.4. The van der Waals surface area contributed by atoms with E-state index in [4.69, 9.17) is 28.1 Å². The number of benzene rings is 3. The van der Waals surface area contributed by atoms with Crippen LogP contribution in [0.1, 0.15) is 68.0 Å². The molecule has 16 heteroatoms. The maximum absolute atomic E-state index is 14.0. The van der Waals surface area contributed by atoms with Crippen molar-refractivity contribution in [3.05, 3.63) is 85.8 Å². The number of amides is 1. The summed E-state index contributed by atoms with van der Waals surface area (Å²) in [5.41, 5.74) is 3.12. The summed E-state index contributed by atoms with van der Waals surface area (Å²) in [6.07, 6.45) is 0.445. The molecule has 2 fully saturated rings. The third kappa shape index (κ3) is 5.54. The fourth-order valence-corrected chi connectivity index (χ4v) is 11.0. The van der Waals surface area contributed by atoms with Crippen molar-refractivity contribution < 1.29 is 47.6 Å². The molecule has 0 aliphatic carbocycles. The number of carbonyl (C=O) groups is 3. The average molecular weight is 795 g/mol. The molecule has 7 heterocycles. The van der Waals surface area contributed by atoms with Gasteiger partial charge in [0.15, 0.2) is 23.0 Å². The number of para-hydroxylation sites is 1. The molecule has 1 aromatic heterocycles. The summed E-state index contributed by atoms with van der Waals surface area (Å²) in [4.78, 5) is 57.8. The number of likely N-dealkylation sites (N-methyl/N-ethyl adjacent to an activating group) is 1. The molecule has 4 bridgehead atoms. The van der Waals surface area contributed by atoms with E-state index >= 15 is 0 Å². The van der Waals surface area contributed by atoms with Gasteiger partial charge >= 0.3 is 17.6 Å². The molecule has 10 rings (SSSR count). The molecule has 2 N–H and O–H groups in total. The van der Waals surface area contributed by atoms with Gasteiger partial charge in [-0.2, -0.15) is 5.26 Å². The Kier molecular flexibility index (Phi) is 8.87. The van der Waals surface area contributed by atoms with Crippen molar-refractivity contribution in [3.63, 3.8) is 0 Å². The van der Waals surface area contributed by atoms with Gasteiger partial charge in [-0.25, -0.2) is 9.59 Å². The first-order valence-corrected chi connectivity index (χ1v) is 19.5. The normalized spacial score (nSPS) is 26.0. The van der Waals surface area contributed by atoms with Crippen LogP contribution < -0.4 is 29.9 Å². The van der Waals surface area contributed by atoms with Crippen molar-refractivity contribution in [1.29, 1.82) is 5.26 Å². The van der Waals surface area contributed by atoms with Gasteiger partial charge < -0.3 is 38.5 Å². The Morgan fingerprint density at radius 3 is 2.58 bits per heavy atom. The number of esters is 2. The van der Waals surface area contributed by atoms with Gasteiger partial charge in [-0.1, -0.05) is 24.3 Å². The molecule has 4 aromatic rings. The van der Waals surface area contributed by atoms with Crippen LogP contribution in [0.5, 0.6) is 28.7 Å². The highest BCUT2D eigenvalue weighted by molar-refractivity contribution is 7.99. The Bertz CT molecular complexity index is 2520. The molecular formula is C41H38N4O11S. The first kappa shape index (κ1) is 36.9. The number of nitrogens with zero attached hydrogens (tertiary/aromatic N) is 3. The monoisotopic (exact) mass is 794 g/mol. The van der Waals surface area contributed by atoms with Gasteiger partial charge in [0.1, 0.15) is 35.6 Å². The Morgan fingerprint density at radius 2 is 1.82 bits per heavy atom. The number of piperazine rings is 1. The van der Waals surface area contributed by atoms with E-state index in [0.29, 0.717) is 56.9 Å². The molecule has 1 amide bonds. The number of thioether (sulfide) groups is 1. The maximum atomic E-state index is 14.0. The van der Waals surface area contributed by atoms with Crippen molar-refractivity contribution in [1.82, 2.24) is 15.1 Å². The minimum Gasteiger partial charge on any atom is -0.504 e. The molecule has 294 valence electrons. The summed E-state index contributed by atoms with van der Waals surface area (Å²) >= 11 is 1.29. The van der Waals surface area contributed by atoms with Crippen LogP contribution in [0.2, 0.25) is 0 Å². The van der Waals surface area contributed by atoms with E-state index in [1.807, 2.05) is 20.0 Å². The topological polar surface area (TPSA) is 190 Å². The SMILES string of the molecule is COc1c(C)cc2c(c1O)[C@@H]1[C@@H]3[C@@H]4SCC(NC(=O)c5cc6ccccc6oc5=O)C(=O)OC[C@@H](c5c6c(c(C)c(OC(C)=O)c54)OCO6)N3[C@@H](C#N)[C@H](C2)N1C. The summed E-state index contributed by atoms with van der Waals surface area (Å²) in [6, 6.07) is 8.43. The van der Waals surface area contributed by atoms with E-state index in [2.05, 4.69) is 21.2 Å². The zero-order valence-electron chi connectivity index (χ0n) is 31.6. The van der Waals surface area contributed by atoms with E-state index in [1.165, 1.54) is 31.9 Å². The van der Waals surface area contributed by atoms with Crippen molar-refractivity contribution in [2.45, 2.75) is 68.7 Å². The van der Waals surface area contributed by atoms with E-state index in [0.717, 1.165) is 11.1 Å². The predicted molar refractivity (Wildman–Crippen MR) is 204 cm³/mol. The lowest BCUT2D eigenvalue weighted by Crippen LogP contribution is -2.69. The molecular weight excluding hydrogens is 757 g/mol. The quantitative estimate of drug-likeness (QED) is 0.170. The highest BCUT2D eigenvalue weighted by Crippen LogP contribution is 2.64. The van der Waals surface area contributed by atoms with Gasteiger partial charge in [0, 0.05) is 52.4 Å². The molecule has 2 saturated heterocycles. The van der Waals surface area contributed by atoms with E-state index < -0.39 is 58.9 Å². The van der Waals surface area contributed by atoms with Gasteiger partial charge in [0.2, 0.25) is 6.79 Å². The minimum absolute atomic E-state index is 0.00999. The second-order valence-corrected chi connectivity index (χ2v) is 16.1. The molecule has 6 aliphatic rings. The molecule has 3 aromatic carbocycles. The van der Waals surface area contributed by atoms with Crippen molar-refractivity contribution in [2.75, 3.05) is 33.3 Å². The van der Waals surface area contributed by atoms with E-state index in [-0.39, 0.29) is 42.3 Å². The lowest BCUT2D eigenvalue weighted by Gasteiger charge is -2.61. The number of methoxy groups -OCH3 is 1. The first-order valence-electron chi connectivity index (χ1n) is 18.5. The number of hydrogen-bond acceptors (Lipinski definition) is 15. The number of hydrogen-bond donors (Lipinski definition) is 2. The number of aryl methyl sites for hydroxylation is 1. The van der Waals surface area contributed by atoms with Crippen LogP contribution in [0, 0.1) is 25.2 Å². The zero-order chi connectivity index (χ0) is 40.0. The molecule has 57 heavy (non-hydrogen) atoms. The first-order chi connectivity index (χ1) is 27.4. The van der Waals surface area contributed by atoms with Crippen LogP contribution in [-0.2, 0) is 20.7 Å². The summed E-state index contributed by atoms with van der Waals surface area (Å²) in [7, 11) is 3.43. The Hall–Kier alpha value is -5.76. The number of carbonyl (C=O) groups excluding carboxylic acids is 3. The third-order valence-corrected chi connectivity index (χ3v) is 13.2. The van der Waals surface area contributed by atoms with Gasteiger partial charge in [-0.15, -0.1) is 11.8 Å². The predicted octanol–water partition coefficient (Wildman–Crippen LogP) is 4.14. The van der Waals surface area contributed by atoms with Crippen LogP contribution in [0.15, 0.2) is 45.6 Å². The summed E-state index contributed by atoms with van der Waals surface area (Å²) in [5, 5.41) is 25.6. The molecule has 0 saturated carbocycles. The number of fused-ring (bicyclic) bond motifs is 11. The van der Waals surface area contributed by atoms with Crippen LogP contribution in [0.3, 0.4) is 0 Å². The molecule has 0 spiro atoms. The van der Waals surface area contributed by atoms with E-state index in [9.17, 15) is 29.5 Å². The van der Waals surface area contributed by atoms with E-state index in [1.54, 1.807) is 31.2 Å². The Balaban J connectivity index is 1.23. The number of rotatable bonds is 4. The Morgan fingerprint density at radius 1 is 1.05 bits per heavy atom. The maximum Gasteiger partial charge on any atom is 0.349 e. The molecule has 0 radical (unpaired) electrons. The van der Waals surface area contributed by atoms with Crippen LogP contribution in [0.4, 0.5) is 0 Å². The second kappa shape index (κ2) is 13.7. The van der Waals surface area contributed by atoms with Crippen molar-refractivity contribution in [2.24, 2.45) is 0 Å². The highest BCUT2D eigenvalue weighted by Gasteiger charge is 2.60. The average Bonchev–Trinajstić information content (AvgIpc) is 3.67. The van der Waals surface area contributed by atoms with Gasteiger partial charge in [0.05, 0.1) is 30.5 Å². The molecule has 1 unspecified atom stereocenters. The van der Waals surface area contributed by atoms with Crippen LogP contribution in [0.25, 0.3) is 11.0 Å². The van der Waals surface area contributed by atoms with Gasteiger partial charge in [0.25, 0.3) is 5.91 Å². The summed E-state index contributed by atoms with van der Waals surface area (Å²) in [6.45, 7) is 4.54. The largest absolute Gasteiger partial charge is 0.504 e. The van der Waals surface area contributed by atoms with Gasteiger partial charge in [-0.05, 0) is 50.6 Å². The third-order valence-electron chi connectivity index (χ3n) is 11.9. The smallest absolute Gasteiger partial charge is 0.349 e. The molecule has 15 nitrogen and oxygen atoms in total. The minimum atomic E-state index is -1.24. The molecule has 6 aliphatic heterocycles. The van der Waals surface area contributed by atoms with Crippen molar-refractivity contribution >= 4 is 40.6 Å². The van der Waals surface area contributed by atoms with Crippen LogP contribution >= 0.6 is 11.8 Å². The second-order valence-electron chi connectivity index (χ2n) is 14.9. The standard InChI is InChI=1S/C41H38N4O11S/c1-17-10-21-12-24-25(13-42)45-26-14-52-41(50)23(43-39(48)22-11-20-8-6-7-9-27(20)56-40(22)49)15-57-38(32(45)31(44(24)4)28(21)33(47)34(17)51-5)30-29(26)37-36(53-16-54-37)18(2)35(30)55-19(3)46/h6-11,23-26,31-32,38,47H,12,14-16H2,1-5H3,(H,43,48)/t23?,24-,25-,26-,31+,32+,38+/m0/s1. The number of phenols is 1. The van der Waals surface area contributed by atoms with Gasteiger partial charge in [-0.3, -0.25) is 19.4 Å². The van der Waals surface area contributed by atoms with Crippen LogP contribution in [-0.4, -0.2) is 90.2 Å². The number of nitrogens with one attached hydrogen (secondary N) is 1. The number of ether oxygens (including phenoxy) is 5. The summed E-state index contributed by atoms with van der Waals surface area (Å²) in [5.74, 6) is -0.849. The lowest BCUT2D eigenvalue weighted by atomic mass is 9.71. The number of nitriles is 1. The summed E-state index contributed by atoms with van der Waals surface area (Å²) < 4.78 is 35.3. The number of phenolic OH excluding ortho intramolecular Hbond substituents is 1. The Labute approximate surface area is 330 Å². The highest BCUT2D eigenvalue weighted by atomic mass is 32.2. The number of aromatic hydroxyl groups is 1. The molecule has 7 atom stereocenters.